The highest BCUT2D eigenvalue weighted by molar-refractivity contribution is 5.74. The molecule has 0 radical (unpaired) electrons. The van der Waals surface area contributed by atoms with Crippen molar-refractivity contribution in [2.45, 2.75) is 32.7 Å². The molecule has 0 aromatic heterocycles. The van der Waals surface area contributed by atoms with Crippen LogP contribution in [0.2, 0.25) is 0 Å². The average Bonchev–Trinajstić information content (AvgIpc) is 2.59. The molecular formula is C20H26N2O2. The molecule has 0 aliphatic heterocycles. The minimum absolute atomic E-state index is 0.117. The third-order valence-electron chi connectivity index (χ3n) is 3.97. The first kappa shape index (κ1) is 17.9. The maximum Gasteiger partial charge on any atom is 0.315 e. The van der Waals surface area contributed by atoms with Crippen LogP contribution >= 0.6 is 0 Å². The number of aryl methyl sites for hydroxylation is 2. The molecule has 2 aromatic carbocycles. The van der Waals surface area contributed by atoms with E-state index >= 15 is 0 Å². The number of methoxy groups -OCH3 is 1. The molecule has 0 heterocycles. The van der Waals surface area contributed by atoms with E-state index in [2.05, 4.69) is 22.8 Å². The summed E-state index contributed by atoms with van der Waals surface area (Å²) >= 11 is 0. The standard InChI is InChI=1S/C20H26N2O2/c1-15-11-12-19(24-3)18(14-15)16(2)22-20(23)21-13-7-10-17-8-5-4-6-9-17/h4-6,8-9,11-12,14,16H,7,10,13H2,1-3H3,(H2,21,22,23). The minimum atomic E-state index is -0.154. The summed E-state index contributed by atoms with van der Waals surface area (Å²) in [6.07, 6.45) is 1.88. The second-order valence-corrected chi connectivity index (χ2v) is 5.96. The first-order chi connectivity index (χ1) is 11.6. The van der Waals surface area contributed by atoms with Crippen LogP contribution in [0.5, 0.6) is 5.75 Å². The van der Waals surface area contributed by atoms with Crippen molar-refractivity contribution in [1.29, 1.82) is 0 Å². The van der Waals surface area contributed by atoms with E-state index in [1.165, 1.54) is 5.56 Å². The van der Waals surface area contributed by atoms with Crippen LogP contribution in [0.1, 0.15) is 36.1 Å². The maximum absolute atomic E-state index is 12.1. The third kappa shape index (κ3) is 5.30. The van der Waals surface area contributed by atoms with Gasteiger partial charge in [0.15, 0.2) is 0 Å². The third-order valence-corrected chi connectivity index (χ3v) is 3.97. The number of benzene rings is 2. The van der Waals surface area contributed by atoms with Crippen molar-refractivity contribution in [2.24, 2.45) is 0 Å². The number of hydrogen-bond donors (Lipinski definition) is 2. The van der Waals surface area contributed by atoms with Crippen LogP contribution < -0.4 is 15.4 Å². The van der Waals surface area contributed by atoms with Gasteiger partial charge in [0, 0.05) is 12.1 Å². The van der Waals surface area contributed by atoms with Crippen molar-refractivity contribution in [1.82, 2.24) is 10.6 Å². The molecule has 1 unspecified atom stereocenters. The fraction of sp³-hybridized carbons (Fsp3) is 0.350. The quantitative estimate of drug-likeness (QED) is 0.756. The van der Waals surface area contributed by atoms with Gasteiger partial charge in [-0.05, 0) is 38.3 Å². The molecule has 2 aromatic rings. The van der Waals surface area contributed by atoms with Crippen LogP contribution in [-0.2, 0) is 6.42 Å². The van der Waals surface area contributed by atoms with Crippen molar-refractivity contribution in [2.75, 3.05) is 13.7 Å². The molecule has 0 saturated carbocycles. The van der Waals surface area contributed by atoms with Gasteiger partial charge >= 0.3 is 6.03 Å². The van der Waals surface area contributed by atoms with Crippen molar-refractivity contribution in [3.8, 4) is 5.75 Å². The number of hydrogen-bond acceptors (Lipinski definition) is 2. The zero-order chi connectivity index (χ0) is 17.4. The Morgan fingerprint density at radius 3 is 2.62 bits per heavy atom. The van der Waals surface area contributed by atoms with E-state index < -0.39 is 0 Å². The Balaban J connectivity index is 1.78. The summed E-state index contributed by atoms with van der Waals surface area (Å²) in [7, 11) is 1.64. The van der Waals surface area contributed by atoms with Crippen molar-refractivity contribution in [3.63, 3.8) is 0 Å². The number of urea groups is 1. The van der Waals surface area contributed by atoms with Crippen LogP contribution in [0.3, 0.4) is 0 Å². The highest BCUT2D eigenvalue weighted by Gasteiger charge is 2.13. The van der Waals surface area contributed by atoms with Gasteiger partial charge in [-0.25, -0.2) is 4.79 Å². The normalized spacial score (nSPS) is 11.6. The van der Waals surface area contributed by atoms with E-state index in [0.29, 0.717) is 6.54 Å². The Bertz CT molecular complexity index is 656. The predicted molar refractivity (Wildman–Crippen MR) is 97.4 cm³/mol. The van der Waals surface area contributed by atoms with Gasteiger partial charge < -0.3 is 15.4 Å². The summed E-state index contributed by atoms with van der Waals surface area (Å²) in [4.78, 5) is 12.1. The molecule has 0 aliphatic carbocycles. The van der Waals surface area contributed by atoms with Gasteiger partial charge in [-0.3, -0.25) is 0 Å². The molecule has 24 heavy (non-hydrogen) atoms. The predicted octanol–water partition coefficient (Wildman–Crippen LogP) is 4.00. The van der Waals surface area contributed by atoms with Gasteiger partial charge in [0.1, 0.15) is 5.75 Å². The second-order valence-electron chi connectivity index (χ2n) is 5.96. The molecule has 4 nitrogen and oxygen atoms in total. The van der Waals surface area contributed by atoms with Crippen LogP contribution in [0.4, 0.5) is 4.79 Å². The highest BCUT2D eigenvalue weighted by Crippen LogP contribution is 2.25. The number of carbonyl (C=O) groups is 1. The fourth-order valence-electron chi connectivity index (χ4n) is 2.66. The van der Waals surface area contributed by atoms with Gasteiger partial charge in [0.2, 0.25) is 0 Å². The minimum Gasteiger partial charge on any atom is -0.496 e. The van der Waals surface area contributed by atoms with Gasteiger partial charge in [-0.15, -0.1) is 0 Å². The molecule has 2 rings (SSSR count). The monoisotopic (exact) mass is 326 g/mol. The van der Waals surface area contributed by atoms with Gasteiger partial charge in [0.25, 0.3) is 0 Å². The summed E-state index contributed by atoms with van der Waals surface area (Å²) in [6.45, 7) is 4.64. The van der Waals surface area contributed by atoms with E-state index in [1.807, 2.05) is 50.2 Å². The largest absolute Gasteiger partial charge is 0.496 e. The number of ether oxygens (including phenoxy) is 1. The van der Waals surface area contributed by atoms with E-state index in [4.69, 9.17) is 4.74 Å². The molecule has 1 atom stereocenters. The second kappa shape index (κ2) is 8.96. The molecule has 0 spiro atoms. The summed E-state index contributed by atoms with van der Waals surface area (Å²) in [5.41, 5.74) is 3.41. The smallest absolute Gasteiger partial charge is 0.315 e. The molecule has 4 heteroatoms. The number of nitrogens with one attached hydrogen (secondary N) is 2. The molecule has 0 saturated heterocycles. The molecule has 0 bridgehead atoms. The number of carbonyl (C=O) groups excluding carboxylic acids is 1. The topological polar surface area (TPSA) is 50.4 Å². The van der Waals surface area contributed by atoms with E-state index in [0.717, 1.165) is 29.7 Å². The lowest BCUT2D eigenvalue weighted by molar-refractivity contribution is 0.237. The molecule has 0 aliphatic rings. The Morgan fingerprint density at radius 1 is 1.17 bits per heavy atom. The summed E-state index contributed by atoms with van der Waals surface area (Å²) in [6, 6.07) is 16.0. The molecule has 0 fully saturated rings. The van der Waals surface area contributed by atoms with E-state index in [1.54, 1.807) is 7.11 Å². The lowest BCUT2D eigenvalue weighted by Gasteiger charge is -2.18. The average molecular weight is 326 g/mol. The van der Waals surface area contributed by atoms with Crippen LogP contribution in [0.15, 0.2) is 48.5 Å². The zero-order valence-corrected chi connectivity index (χ0v) is 14.6. The first-order valence-electron chi connectivity index (χ1n) is 8.33. The van der Waals surface area contributed by atoms with Gasteiger partial charge in [0.05, 0.1) is 13.2 Å². The molecule has 2 amide bonds. The zero-order valence-electron chi connectivity index (χ0n) is 14.6. The van der Waals surface area contributed by atoms with Crippen LogP contribution in [0.25, 0.3) is 0 Å². The number of rotatable bonds is 7. The van der Waals surface area contributed by atoms with Gasteiger partial charge in [-0.1, -0.05) is 48.0 Å². The molecular weight excluding hydrogens is 300 g/mol. The fourth-order valence-corrected chi connectivity index (χ4v) is 2.66. The Morgan fingerprint density at radius 2 is 1.92 bits per heavy atom. The van der Waals surface area contributed by atoms with Crippen LogP contribution in [0, 0.1) is 6.92 Å². The summed E-state index contributed by atoms with van der Waals surface area (Å²) in [5, 5.41) is 5.88. The molecule has 2 N–H and O–H groups in total. The van der Waals surface area contributed by atoms with Crippen LogP contribution in [-0.4, -0.2) is 19.7 Å². The Hall–Kier alpha value is -2.49. The van der Waals surface area contributed by atoms with E-state index in [-0.39, 0.29) is 12.1 Å². The molecule has 128 valence electrons. The first-order valence-corrected chi connectivity index (χ1v) is 8.33. The van der Waals surface area contributed by atoms with Gasteiger partial charge in [-0.2, -0.15) is 0 Å². The highest BCUT2D eigenvalue weighted by atomic mass is 16.5. The maximum atomic E-state index is 12.1. The van der Waals surface area contributed by atoms with Crippen molar-refractivity contribution >= 4 is 6.03 Å². The lowest BCUT2D eigenvalue weighted by Crippen LogP contribution is -2.37. The van der Waals surface area contributed by atoms with E-state index in [9.17, 15) is 4.79 Å². The summed E-state index contributed by atoms with van der Waals surface area (Å²) in [5.74, 6) is 0.789. The lowest BCUT2D eigenvalue weighted by atomic mass is 10.0. The SMILES string of the molecule is COc1ccc(C)cc1C(C)NC(=O)NCCCc1ccccc1. The van der Waals surface area contributed by atoms with Crippen molar-refractivity contribution < 1.29 is 9.53 Å². The van der Waals surface area contributed by atoms with Crippen molar-refractivity contribution in [3.05, 3.63) is 65.2 Å². The summed E-state index contributed by atoms with van der Waals surface area (Å²) < 4.78 is 5.38. The Kier molecular flexibility index (Phi) is 6.67. The number of amides is 2. The Labute approximate surface area is 144 Å².